The minimum atomic E-state index is -1.03. The molecular weight excluding hydrogens is 530 g/mol. The number of nitriles is 1. The average Bonchev–Trinajstić information content (AvgIpc) is 3.29. The summed E-state index contributed by atoms with van der Waals surface area (Å²) < 4.78 is 42.5. The average molecular weight is 553 g/mol. The number of fused-ring (bicyclic) bond motifs is 1. The van der Waals surface area contributed by atoms with E-state index < -0.39 is 17.6 Å². The number of benzene rings is 3. The van der Waals surface area contributed by atoms with Crippen LogP contribution in [0.3, 0.4) is 0 Å². The first-order valence-electron chi connectivity index (χ1n) is 12.8. The van der Waals surface area contributed by atoms with Crippen LogP contribution in [0.1, 0.15) is 38.9 Å². The van der Waals surface area contributed by atoms with E-state index in [1.807, 2.05) is 10.6 Å². The highest BCUT2D eigenvalue weighted by Gasteiger charge is 2.26. The van der Waals surface area contributed by atoms with Crippen molar-refractivity contribution in [3.63, 3.8) is 0 Å². The number of imidazole rings is 1. The van der Waals surface area contributed by atoms with E-state index in [1.165, 1.54) is 24.3 Å². The van der Waals surface area contributed by atoms with E-state index in [0.29, 0.717) is 46.9 Å². The van der Waals surface area contributed by atoms with Crippen molar-refractivity contribution in [2.75, 3.05) is 13.2 Å². The van der Waals surface area contributed by atoms with Crippen LogP contribution in [0.5, 0.6) is 5.88 Å². The van der Waals surface area contributed by atoms with Crippen LogP contribution in [-0.2, 0) is 17.8 Å². The van der Waals surface area contributed by atoms with Gasteiger partial charge in [-0.3, -0.25) is 0 Å². The molecule has 0 aliphatic carbocycles. The quantitative estimate of drug-likeness (QED) is 0.263. The molecule has 0 atom stereocenters. The van der Waals surface area contributed by atoms with Gasteiger partial charge in [-0.05, 0) is 48.0 Å². The topological polar surface area (TPSA) is 110 Å². The number of hydrogen-bond acceptors (Lipinski definition) is 6. The molecule has 3 aromatic carbocycles. The Hall–Kier alpha value is -5.14. The van der Waals surface area contributed by atoms with Crippen LogP contribution in [-0.4, -0.2) is 38.8 Å². The Morgan fingerprint density at radius 3 is 2.54 bits per heavy atom. The smallest absolute Gasteiger partial charge is 0.335 e. The van der Waals surface area contributed by atoms with Crippen molar-refractivity contribution in [3.8, 4) is 23.2 Å². The Morgan fingerprint density at radius 2 is 1.83 bits per heavy atom. The van der Waals surface area contributed by atoms with Gasteiger partial charge in [-0.2, -0.15) is 5.26 Å². The number of pyridine rings is 1. The van der Waals surface area contributed by atoms with Gasteiger partial charge in [0.25, 0.3) is 0 Å². The van der Waals surface area contributed by atoms with Crippen molar-refractivity contribution in [1.82, 2.24) is 14.5 Å². The zero-order valence-electron chi connectivity index (χ0n) is 21.6. The lowest BCUT2D eigenvalue weighted by molar-refractivity contribution is -0.0226. The molecule has 0 spiro atoms. The Kier molecular flexibility index (Phi) is 6.87. The lowest BCUT2D eigenvalue weighted by Crippen LogP contribution is -2.31. The van der Waals surface area contributed by atoms with E-state index in [2.05, 4.69) is 9.97 Å². The molecule has 5 aromatic rings. The van der Waals surface area contributed by atoms with Crippen LogP contribution < -0.4 is 4.74 Å². The second-order valence-corrected chi connectivity index (χ2v) is 9.65. The molecule has 8 nitrogen and oxygen atoms in total. The van der Waals surface area contributed by atoms with Crippen LogP contribution >= 0.6 is 0 Å². The van der Waals surface area contributed by atoms with E-state index in [-0.39, 0.29) is 41.6 Å². The predicted octanol–water partition coefficient (Wildman–Crippen LogP) is 5.69. The Morgan fingerprint density at radius 1 is 1.02 bits per heavy atom. The van der Waals surface area contributed by atoms with E-state index in [1.54, 1.807) is 42.5 Å². The minimum Gasteiger partial charge on any atom is -0.478 e. The van der Waals surface area contributed by atoms with Crippen molar-refractivity contribution in [2.24, 2.45) is 0 Å². The van der Waals surface area contributed by atoms with Gasteiger partial charge in [0.15, 0.2) is 0 Å². The maximum absolute atomic E-state index is 15.4. The van der Waals surface area contributed by atoms with E-state index in [9.17, 15) is 14.3 Å². The van der Waals surface area contributed by atoms with Crippen molar-refractivity contribution in [3.05, 3.63) is 113 Å². The maximum Gasteiger partial charge on any atom is 0.335 e. The number of aromatic nitrogens is 3. The number of nitrogens with zero attached hydrogens (tertiary/aromatic N) is 4. The summed E-state index contributed by atoms with van der Waals surface area (Å²) >= 11 is 0. The monoisotopic (exact) mass is 552 g/mol. The largest absolute Gasteiger partial charge is 0.478 e. The predicted molar refractivity (Wildman–Crippen MR) is 144 cm³/mol. The van der Waals surface area contributed by atoms with Crippen LogP contribution in [0.25, 0.3) is 22.3 Å². The third-order valence-electron chi connectivity index (χ3n) is 6.97. The fourth-order valence-corrected chi connectivity index (χ4v) is 4.74. The summed E-state index contributed by atoms with van der Waals surface area (Å²) in [6.45, 7) is 0.862. The van der Waals surface area contributed by atoms with E-state index in [4.69, 9.17) is 14.7 Å². The zero-order chi connectivity index (χ0) is 28.5. The highest BCUT2D eigenvalue weighted by Crippen LogP contribution is 2.30. The lowest BCUT2D eigenvalue weighted by Gasteiger charge is -2.29. The summed E-state index contributed by atoms with van der Waals surface area (Å²) in [5, 5.41) is 18.3. The van der Waals surface area contributed by atoms with Gasteiger partial charge in [0.1, 0.15) is 24.1 Å². The fourth-order valence-electron chi connectivity index (χ4n) is 4.74. The lowest BCUT2D eigenvalue weighted by atomic mass is 10.0. The number of aromatic carboxylic acids is 1. The van der Waals surface area contributed by atoms with Gasteiger partial charge in [0.2, 0.25) is 5.88 Å². The number of carboxylic acid groups (broad SMARTS) is 1. The Balaban J connectivity index is 1.23. The maximum atomic E-state index is 15.4. The first-order valence-corrected chi connectivity index (χ1v) is 12.8. The summed E-state index contributed by atoms with van der Waals surface area (Å²) in [6, 6.07) is 20.7. The Bertz CT molecular complexity index is 1840. The highest BCUT2D eigenvalue weighted by molar-refractivity contribution is 5.92. The molecule has 0 saturated carbocycles. The molecule has 1 fully saturated rings. The summed E-state index contributed by atoms with van der Waals surface area (Å²) in [5.41, 5.74) is 3.41. The zero-order valence-corrected chi connectivity index (χ0v) is 21.6. The van der Waals surface area contributed by atoms with Gasteiger partial charge >= 0.3 is 5.97 Å². The van der Waals surface area contributed by atoms with Crippen molar-refractivity contribution in [1.29, 1.82) is 5.26 Å². The Labute approximate surface area is 233 Å². The summed E-state index contributed by atoms with van der Waals surface area (Å²) in [6.07, 6.45) is 0.201. The molecule has 204 valence electrons. The normalized spacial score (nSPS) is 13.1. The molecule has 3 heterocycles. The number of halogens is 2. The second kappa shape index (κ2) is 10.8. The standard InChI is InChI=1S/C31H22F2N4O4/c32-24-10-18(14-34)4-5-22(24)15-41-30-3-1-2-26(36-30)20-7-6-19(25(33)11-20)13-29-35-27-9-8-21(31(38)39)12-28(27)37(29)23-16-40-17-23/h1-12,23H,13,15-17H2,(H,38,39). The molecule has 6 rings (SSSR count). The second-order valence-electron chi connectivity index (χ2n) is 9.65. The SMILES string of the molecule is N#Cc1ccc(COc2cccc(-c3ccc(Cc4nc5ccc(C(=O)O)cc5n4C4COC4)c(F)c3)n2)c(F)c1. The fraction of sp³-hybridized carbons (Fsp3) is 0.161. The molecule has 1 saturated heterocycles. The first-order chi connectivity index (χ1) is 19.9. The number of hydrogen-bond donors (Lipinski definition) is 1. The molecule has 0 bridgehead atoms. The van der Waals surface area contributed by atoms with Gasteiger partial charge in [0, 0.05) is 23.6 Å². The van der Waals surface area contributed by atoms with Crippen LogP contribution in [0.2, 0.25) is 0 Å². The molecule has 10 heteroatoms. The molecule has 1 aliphatic heterocycles. The first kappa shape index (κ1) is 26.1. The van der Waals surface area contributed by atoms with Gasteiger partial charge in [0.05, 0.1) is 53.2 Å². The molecule has 1 N–H and O–H groups in total. The molecule has 0 amide bonds. The van der Waals surface area contributed by atoms with Crippen molar-refractivity contribution in [2.45, 2.75) is 19.1 Å². The summed E-state index contributed by atoms with van der Waals surface area (Å²) in [7, 11) is 0. The third kappa shape index (κ3) is 5.23. The third-order valence-corrected chi connectivity index (χ3v) is 6.97. The molecule has 1 aliphatic rings. The van der Waals surface area contributed by atoms with Gasteiger partial charge in [-0.1, -0.05) is 24.3 Å². The van der Waals surface area contributed by atoms with Crippen molar-refractivity contribution >= 4 is 17.0 Å². The van der Waals surface area contributed by atoms with Gasteiger partial charge in [-0.25, -0.2) is 23.5 Å². The van der Waals surface area contributed by atoms with Crippen LogP contribution in [0, 0.1) is 23.0 Å². The molecule has 2 aromatic heterocycles. The van der Waals surface area contributed by atoms with E-state index >= 15 is 4.39 Å². The number of carboxylic acids is 1. The highest BCUT2D eigenvalue weighted by atomic mass is 19.1. The van der Waals surface area contributed by atoms with Crippen LogP contribution in [0.15, 0.2) is 72.8 Å². The summed E-state index contributed by atoms with van der Waals surface area (Å²) in [5.74, 6) is -1.15. The minimum absolute atomic E-state index is 0.00826. The van der Waals surface area contributed by atoms with Gasteiger partial charge in [-0.15, -0.1) is 0 Å². The summed E-state index contributed by atoms with van der Waals surface area (Å²) in [4.78, 5) is 20.6. The van der Waals surface area contributed by atoms with Crippen molar-refractivity contribution < 1.29 is 28.2 Å². The molecule has 41 heavy (non-hydrogen) atoms. The molecule has 0 unspecified atom stereocenters. The van der Waals surface area contributed by atoms with Crippen LogP contribution in [0.4, 0.5) is 8.78 Å². The van der Waals surface area contributed by atoms with Gasteiger partial charge < -0.3 is 19.1 Å². The van der Waals surface area contributed by atoms with E-state index in [0.717, 1.165) is 6.07 Å². The number of rotatable bonds is 8. The number of ether oxygens (including phenoxy) is 2. The number of carbonyl (C=O) groups is 1. The molecule has 0 radical (unpaired) electrons. The molecular formula is C31H22F2N4O4.